The van der Waals surface area contributed by atoms with Crippen molar-refractivity contribution in [2.45, 2.75) is 86.4 Å². The Morgan fingerprint density at radius 2 is 1.62 bits per heavy atom. The summed E-state index contributed by atoms with van der Waals surface area (Å²) in [6.07, 6.45) is 1.67. The highest BCUT2D eigenvalue weighted by Crippen LogP contribution is 2.45. The minimum absolute atomic E-state index is 0.178. The number of benzene rings is 2. The molecule has 1 saturated heterocycles. The Morgan fingerprint density at radius 3 is 2.20 bits per heavy atom. The summed E-state index contributed by atoms with van der Waals surface area (Å²) in [5.74, 6) is -0.889. The Kier molecular flexibility index (Phi) is 10.7. The number of hydrogen-bond acceptors (Lipinski definition) is 6. The average Bonchev–Trinajstić information content (AvgIpc) is 2.97. The first-order valence-electron chi connectivity index (χ1n) is 15.9. The summed E-state index contributed by atoms with van der Waals surface area (Å²) in [6, 6.07) is 13.8. The van der Waals surface area contributed by atoms with Gasteiger partial charge >= 0.3 is 5.97 Å². The fraction of sp³-hybridized carbons (Fsp3) is 0.486. The number of rotatable bonds is 10. The van der Waals surface area contributed by atoms with Crippen LogP contribution in [0.4, 0.5) is 10.1 Å². The second-order valence-electron chi connectivity index (χ2n) is 13.6. The first kappa shape index (κ1) is 34.1. The summed E-state index contributed by atoms with van der Waals surface area (Å²) < 4.78 is 25.2. The molecule has 8 heteroatoms. The summed E-state index contributed by atoms with van der Waals surface area (Å²) in [5, 5.41) is 2.96. The summed E-state index contributed by atoms with van der Waals surface area (Å²) in [7, 11) is 0. The zero-order valence-corrected chi connectivity index (χ0v) is 28.1. The van der Waals surface area contributed by atoms with E-state index >= 15 is 0 Å². The number of piperidine rings is 1. The van der Waals surface area contributed by atoms with Gasteiger partial charge in [0.15, 0.2) is 6.10 Å². The van der Waals surface area contributed by atoms with E-state index in [1.54, 1.807) is 19.1 Å². The number of ether oxygens (including phenoxy) is 2. The van der Waals surface area contributed by atoms with E-state index in [-0.39, 0.29) is 23.7 Å². The molecule has 0 saturated carbocycles. The lowest BCUT2D eigenvalue weighted by atomic mass is 9.81. The van der Waals surface area contributed by atoms with Crippen LogP contribution in [0, 0.1) is 25.1 Å². The minimum atomic E-state index is -0.951. The first-order chi connectivity index (χ1) is 21.2. The highest BCUT2D eigenvalue weighted by molar-refractivity contribution is 5.95. The zero-order chi connectivity index (χ0) is 32.9. The molecule has 4 rings (SSSR count). The van der Waals surface area contributed by atoms with Gasteiger partial charge in [-0.1, -0.05) is 38.1 Å². The van der Waals surface area contributed by atoms with Crippen LogP contribution in [0.3, 0.4) is 0 Å². The van der Waals surface area contributed by atoms with Gasteiger partial charge in [-0.05, 0) is 102 Å². The van der Waals surface area contributed by atoms with Crippen molar-refractivity contribution in [3.8, 4) is 11.1 Å². The topological polar surface area (TPSA) is 80.8 Å². The molecule has 1 atom stereocenters. The third-order valence-electron chi connectivity index (χ3n) is 8.29. The van der Waals surface area contributed by atoms with Gasteiger partial charge < -0.3 is 19.7 Å². The number of aryl methyl sites for hydroxylation is 2. The van der Waals surface area contributed by atoms with Gasteiger partial charge in [0.05, 0.1) is 17.9 Å². The Morgan fingerprint density at radius 1 is 1.00 bits per heavy atom. The number of hydrogen-bond donors (Lipinski definition) is 1. The van der Waals surface area contributed by atoms with Crippen LogP contribution < -0.4 is 10.2 Å². The van der Waals surface area contributed by atoms with Crippen LogP contribution in [0.25, 0.3) is 11.1 Å². The normalized spacial score (nSPS) is 15.4. The van der Waals surface area contributed by atoms with Crippen LogP contribution in [0.2, 0.25) is 0 Å². The van der Waals surface area contributed by atoms with Gasteiger partial charge in [0.25, 0.3) is 5.91 Å². The summed E-state index contributed by atoms with van der Waals surface area (Å²) >= 11 is 0. The van der Waals surface area contributed by atoms with E-state index < -0.39 is 17.7 Å². The summed E-state index contributed by atoms with van der Waals surface area (Å²) in [5.41, 5.74) is 6.17. The number of nitrogens with one attached hydrogen (secondary N) is 1. The van der Waals surface area contributed by atoms with Crippen LogP contribution in [-0.2, 0) is 20.7 Å². The Labute approximate surface area is 267 Å². The van der Waals surface area contributed by atoms with Crippen molar-refractivity contribution < 1.29 is 23.5 Å². The number of carbonyl (C=O) groups is 2. The van der Waals surface area contributed by atoms with Crippen molar-refractivity contribution in [1.29, 1.82) is 0 Å². The maximum Gasteiger partial charge on any atom is 0.340 e. The molecule has 0 unspecified atom stereocenters. The first-order valence-corrected chi connectivity index (χ1v) is 15.9. The number of esters is 1. The lowest BCUT2D eigenvalue weighted by molar-refractivity contribution is -0.166. The number of carbonyl (C=O) groups excluding carboxylic acids is 2. The van der Waals surface area contributed by atoms with Gasteiger partial charge in [0.1, 0.15) is 5.82 Å². The monoisotopic (exact) mass is 617 g/mol. The smallest absolute Gasteiger partial charge is 0.340 e. The highest BCUT2D eigenvalue weighted by Gasteiger charge is 2.37. The second-order valence-corrected chi connectivity index (χ2v) is 13.6. The molecule has 2 aromatic carbocycles. The fourth-order valence-corrected chi connectivity index (χ4v) is 5.83. The van der Waals surface area contributed by atoms with E-state index in [0.717, 1.165) is 65.3 Å². The van der Waals surface area contributed by atoms with Gasteiger partial charge in [-0.25, -0.2) is 9.18 Å². The quantitative estimate of drug-likeness (QED) is 0.237. The van der Waals surface area contributed by atoms with E-state index in [4.69, 9.17) is 14.5 Å². The Bertz CT molecular complexity index is 1480. The lowest BCUT2D eigenvalue weighted by Crippen LogP contribution is -2.39. The molecule has 1 N–H and O–H groups in total. The molecule has 1 aromatic heterocycles. The molecule has 0 bridgehead atoms. The van der Waals surface area contributed by atoms with E-state index in [2.05, 4.69) is 24.1 Å². The molecular formula is C37H48FN3O4. The fourth-order valence-electron chi connectivity index (χ4n) is 5.83. The second kappa shape index (κ2) is 14.1. The summed E-state index contributed by atoms with van der Waals surface area (Å²) in [6.45, 7) is 18.5. The van der Waals surface area contributed by atoms with E-state index in [0.29, 0.717) is 18.5 Å². The standard InChI is InChI=1S/C37H48FN3O4/c1-9-44-35(43)33(45-36(4,5)6)31-25(3)40-24(2)30(32(31)41-22-19-37(7,8)20-23-41)27-12-14-28(15-13-27)34(42)39-21-18-26-10-16-29(38)17-11-26/h10-17,33H,9,18-23H2,1-8H3,(H,39,42)/t33-/m0/s1. The van der Waals surface area contributed by atoms with Crippen molar-refractivity contribution in [1.82, 2.24) is 10.3 Å². The third kappa shape index (κ3) is 8.69. The molecule has 1 fully saturated rings. The number of aromatic nitrogens is 1. The van der Waals surface area contributed by atoms with Crippen LogP contribution in [-0.4, -0.2) is 48.7 Å². The lowest BCUT2D eigenvalue weighted by Gasteiger charge is -2.41. The SMILES string of the molecule is CCOC(=O)[C@@H](OC(C)(C)C)c1c(C)nc(C)c(-c2ccc(C(=O)NCCc3ccc(F)cc3)cc2)c1N1CCC(C)(C)CC1. The predicted octanol–water partition coefficient (Wildman–Crippen LogP) is 7.52. The molecule has 0 aliphatic carbocycles. The molecular weight excluding hydrogens is 569 g/mol. The van der Waals surface area contributed by atoms with Crippen LogP contribution in [0.5, 0.6) is 0 Å². The molecule has 1 aliphatic rings. The number of nitrogens with zero attached hydrogens (tertiary/aromatic N) is 2. The van der Waals surface area contributed by atoms with Crippen molar-refractivity contribution in [2.24, 2.45) is 5.41 Å². The van der Waals surface area contributed by atoms with Crippen LogP contribution in [0.15, 0.2) is 48.5 Å². The predicted molar refractivity (Wildman–Crippen MR) is 177 cm³/mol. The van der Waals surface area contributed by atoms with Gasteiger partial charge in [0, 0.05) is 47.7 Å². The Hall–Kier alpha value is -3.78. The van der Waals surface area contributed by atoms with E-state index in [1.807, 2.05) is 58.9 Å². The number of pyridine rings is 1. The van der Waals surface area contributed by atoms with Crippen molar-refractivity contribution in [3.63, 3.8) is 0 Å². The van der Waals surface area contributed by atoms with E-state index in [9.17, 15) is 14.0 Å². The number of anilines is 1. The molecule has 1 aliphatic heterocycles. The average molecular weight is 618 g/mol. The van der Waals surface area contributed by atoms with Gasteiger partial charge in [-0.3, -0.25) is 9.78 Å². The minimum Gasteiger partial charge on any atom is -0.464 e. The molecule has 242 valence electrons. The van der Waals surface area contributed by atoms with Crippen LogP contribution in [0.1, 0.15) is 93.4 Å². The molecule has 1 amide bonds. The van der Waals surface area contributed by atoms with Crippen molar-refractivity contribution in [3.05, 3.63) is 82.4 Å². The van der Waals surface area contributed by atoms with Crippen LogP contribution >= 0.6 is 0 Å². The van der Waals surface area contributed by atoms with E-state index in [1.165, 1.54) is 12.1 Å². The van der Waals surface area contributed by atoms with Gasteiger partial charge in [-0.15, -0.1) is 0 Å². The molecule has 2 heterocycles. The zero-order valence-electron chi connectivity index (χ0n) is 28.1. The van der Waals surface area contributed by atoms with Gasteiger partial charge in [-0.2, -0.15) is 0 Å². The van der Waals surface area contributed by atoms with Crippen molar-refractivity contribution in [2.75, 3.05) is 31.1 Å². The molecule has 3 aromatic rings. The van der Waals surface area contributed by atoms with Gasteiger partial charge in [0.2, 0.25) is 0 Å². The molecule has 7 nitrogen and oxygen atoms in total. The highest BCUT2D eigenvalue weighted by atomic mass is 19.1. The number of halogens is 1. The largest absolute Gasteiger partial charge is 0.464 e. The summed E-state index contributed by atoms with van der Waals surface area (Å²) in [4.78, 5) is 33.8. The Balaban J connectivity index is 1.72. The maximum absolute atomic E-state index is 13.5. The molecule has 0 spiro atoms. The van der Waals surface area contributed by atoms with Crippen molar-refractivity contribution >= 4 is 17.6 Å². The number of amides is 1. The molecule has 0 radical (unpaired) electrons. The third-order valence-corrected chi connectivity index (χ3v) is 8.29. The maximum atomic E-state index is 13.5. The molecule has 45 heavy (non-hydrogen) atoms.